The molecule has 0 amide bonds. The van der Waals surface area contributed by atoms with E-state index in [1.807, 2.05) is 30.3 Å². The van der Waals surface area contributed by atoms with Crippen LogP contribution in [0.3, 0.4) is 0 Å². The summed E-state index contributed by atoms with van der Waals surface area (Å²) in [6.45, 7) is 0. The molecule has 6 heteroatoms. The summed E-state index contributed by atoms with van der Waals surface area (Å²) < 4.78 is 28.1. The van der Waals surface area contributed by atoms with Crippen molar-refractivity contribution >= 4 is 15.8 Å². The highest BCUT2D eigenvalue weighted by Crippen LogP contribution is 2.19. The second kappa shape index (κ2) is 6.37. The number of carbonyl (C=O) groups is 1. The largest absolute Gasteiger partial charge is 0.468 e. The molecule has 2 unspecified atom stereocenters. The van der Waals surface area contributed by atoms with Crippen molar-refractivity contribution in [2.45, 2.75) is 24.9 Å². The van der Waals surface area contributed by atoms with Gasteiger partial charge < -0.3 is 4.74 Å². The van der Waals surface area contributed by atoms with Gasteiger partial charge in [0.2, 0.25) is 0 Å². The maximum absolute atomic E-state index is 11.9. The average molecular weight is 297 g/mol. The minimum Gasteiger partial charge on any atom is -0.468 e. The quantitative estimate of drug-likeness (QED) is 0.842. The summed E-state index contributed by atoms with van der Waals surface area (Å²) in [7, 11) is -1.68. The van der Waals surface area contributed by atoms with Crippen LogP contribution in [0.15, 0.2) is 30.3 Å². The van der Waals surface area contributed by atoms with E-state index in [4.69, 9.17) is 4.74 Å². The number of benzene rings is 1. The van der Waals surface area contributed by atoms with Crippen LogP contribution in [-0.4, -0.2) is 39.0 Å². The molecule has 0 spiro atoms. The lowest BCUT2D eigenvalue weighted by molar-refractivity contribution is -0.143. The van der Waals surface area contributed by atoms with Crippen LogP contribution in [0.5, 0.6) is 0 Å². The van der Waals surface area contributed by atoms with Gasteiger partial charge in [0.25, 0.3) is 0 Å². The van der Waals surface area contributed by atoms with Gasteiger partial charge in [0.05, 0.1) is 18.6 Å². The van der Waals surface area contributed by atoms with Crippen molar-refractivity contribution in [2.24, 2.45) is 0 Å². The first kappa shape index (κ1) is 15.0. The van der Waals surface area contributed by atoms with Crippen molar-refractivity contribution in [2.75, 3.05) is 18.6 Å². The minimum absolute atomic E-state index is 0.0767. The van der Waals surface area contributed by atoms with Crippen molar-refractivity contribution in [3.8, 4) is 0 Å². The molecule has 1 fully saturated rings. The smallest absolute Gasteiger partial charge is 0.327 e. The Kier molecular flexibility index (Phi) is 4.77. The van der Waals surface area contributed by atoms with Gasteiger partial charge in [-0.2, -0.15) is 0 Å². The SMILES string of the molecule is COC(=O)C(NC1CCCS(=O)(=O)C1)c1ccccc1. The monoisotopic (exact) mass is 297 g/mol. The van der Waals surface area contributed by atoms with E-state index in [1.54, 1.807) is 0 Å². The maximum atomic E-state index is 11.9. The van der Waals surface area contributed by atoms with E-state index in [9.17, 15) is 13.2 Å². The van der Waals surface area contributed by atoms with E-state index >= 15 is 0 Å². The molecule has 110 valence electrons. The lowest BCUT2D eigenvalue weighted by Crippen LogP contribution is -2.44. The normalized spacial score (nSPS) is 22.9. The van der Waals surface area contributed by atoms with Crippen LogP contribution in [0.2, 0.25) is 0 Å². The number of carbonyl (C=O) groups excluding carboxylic acids is 1. The molecule has 0 saturated carbocycles. The van der Waals surface area contributed by atoms with Gasteiger partial charge in [-0.1, -0.05) is 30.3 Å². The average Bonchev–Trinajstić information content (AvgIpc) is 2.44. The Bertz CT molecular complexity index is 556. The molecule has 1 aromatic rings. The zero-order valence-corrected chi connectivity index (χ0v) is 12.2. The molecule has 1 aromatic carbocycles. The molecule has 5 nitrogen and oxygen atoms in total. The van der Waals surface area contributed by atoms with Crippen LogP contribution in [0.25, 0.3) is 0 Å². The highest BCUT2D eigenvalue weighted by Gasteiger charge is 2.30. The molecule has 0 aromatic heterocycles. The second-order valence-electron chi connectivity index (χ2n) is 4.99. The minimum atomic E-state index is -3.01. The van der Waals surface area contributed by atoms with E-state index in [0.717, 1.165) is 12.0 Å². The fourth-order valence-corrected chi connectivity index (χ4v) is 4.10. The molecule has 20 heavy (non-hydrogen) atoms. The van der Waals surface area contributed by atoms with Gasteiger partial charge in [-0.15, -0.1) is 0 Å². The van der Waals surface area contributed by atoms with Crippen LogP contribution < -0.4 is 5.32 Å². The van der Waals surface area contributed by atoms with E-state index in [1.165, 1.54) is 7.11 Å². The fraction of sp³-hybridized carbons (Fsp3) is 0.500. The molecule has 0 aliphatic carbocycles. The number of rotatable bonds is 4. The Morgan fingerprint density at radius 3 is 2.65 bits per heavy atom. The second-order valence-corrected chi connectivity index (χ2v) is 7.22. The van der Waals surface area contributed by atoms with E-state index < -0.39 is 21.8 Å². The first-order chi connectivity index (χ1) is 9.52. The van der Waals surface area contributed by atoms with Gasteiger partial charge in [-0.3, -0.25) is 5.32 Å². The van der Waals surface area contributed by atoms with Gasteiger partial charge in [0.15, 0.2) is 9.84 Å². The standard InChI is InChI=1S/C14H19NO4S/c1-19-14(16)13(11-6-3-2-4-7-11)15-12-8-5-9-20(17,18)10-12/h2-4,6-7,12-13,15H,5,8-10H2,1H3. The highest BCUT2D eigenvalue weighted by atomic mass is 32.2. The van der Waals surface area contributed by atoms with Crippen LogP contribution in [0.4, 0.5) is 0 Å². The van der Waals surface area contributed by atoms with Crippen LogP contribution in [0.1, 0.15) is 24.4 Å². The van der Waals surface area contributed by atoms with Gasteiger partial charge in [0.1, 0.15) is 6.04 Å². The summed E-state index contributed by atoms with van der Waals surface area (Å²) >= 11 is 0. The predicted octanol–water partition coefficient (Wildman–Crippen LogP) is 1.07. The lowest BCUT2D eigenvalue weighted by atomic mass is 10.0. The number of esters is 1. The Labute approximate surface area is 119 Å². The Balaban J connectivity index is 2.15. The summed E-state index contributed by atoms with van der Waals surface area (Å²) in [5.74, 6) is -0.0913. The number of hydrogen-bond donors (Lipinski definition) is 1. The van der Waals surface area contributed by atoms with Crippen LogP contribution in [-0.2, 0) is 19.4 Å². The fourth-order valence-electron chi connectivity index (χ4n) is 2.45. The lowest BCUT2D eigenvalue weighted by Gasteiger charge is -2.27. The first-order valence-electron chi connectivity index (χ1n) is 6.61. The topological polar surface area (TPSA) is 72.5 Å². The molecule has 1 heterocycles. The third-order valence-corrected chi connectivity index (χ3v) is 5.26. The third-order valence-electron chi connectivity index (χ3n) is 3.44. The third kappa shape index (κ3) is 3.80. The molecule has 2 rings (SSSR count). The molecule has 0 bridgehead atoms. The molecular formula is C14H19NO4S. The maximum Gasteiger partial charge on any atom is 0.327 e. The number of sulfone groups is 1. The van der Waals surface area contributed by atoms with Gasteiger partial charge in [-0.25, -0.2) is 13.2 Å². The molecule has 1 aliphatic rings. The molecule has 1 N–H and O–H groups in total. The van der Waals surface area contributed by atoms with Crippen molar-refractivity contribution in [3.63, 3.8) is 0 Å². The van der Waals surface area contributed by atoms with E-state index in [2.05, 4.69) is 5.32 Å². The molecular weight excluding hydrogens is 278 g/mol. The van der Waals surface area contributed by atoms with E-state index in [-0.39, 0.29) is 17.5 Å². The zero-order chi connectivity index (χ0) is 14.6. The number of methoxy groups -OCH3 is 1. The van der Waals surface area contributed by atoms with Crippen molar-refractivity contribution in [3.05, 3.63) is 35.9 Å². The molecule has 2 atom stereocenters. The van der Waals surface area contributed by atoms with Crippen molar-refractivity contribution in [1.29, 1.82) is 0 Å². The molecule has 0 radical (unpaired) electrons. The van der Waals surface area contributed by atoms with Crippen LogP contribution in [0, 0.1) is 0 Å². The summed E-state index contributed by atoms with van der Waals surface area (Å²) in [5.41, 5.74) is 0.780. The molecule has 1 aliphatic heterocycles. The molecule has 1 saturated heterocycles. The Morgan fingerprint density at radius 1 is 1.35 bits per heavy atom. The Morgan fingerprint density at radius 2 is 2.05 bits per heavy atom. The van der Waals surface area contributed by atoms with Crippen molar-refractivity contribution in [1.82, 2.24) is 5.32 Å². The summed E-state index contributed by atoms with van der Waals surface area (Å²) in [6.07, 6.45) is 1.38. The Hall–Kier alpha value is -1.40. The summed E-state index contributed by atoms with van der Waals surface area (Å²) in [4.78, 5) is 11.9. The van der Waals surface area contributed by atoms with Gasteiger partial charge in [-0.05, 0) is 18.4 Å². The van der Waals surface area contributed by atoms with Gasteiger partial charge >= 0.3 is 5.97 Å². The predicted molar refractivity (Wildman–Crippen MR) is 76.0 cm³/mol. The zero-order valence-electron chi connectivity index (χ0n) is 11.4. The van der Waals surface area contributed by atoms with Crippen molar-refractivity contribution < 1.29 is 17.9 Å². The summed E-state index contributed by atoms with van der Waals surface area (Å²) in [5, 5.41) is 3.12. The summed E-state index contributed by atoms with van der Waals surface area (Å²) in [6, 6.07) is 8.35. The van der Waals surface area contributed by atoms with Crippen LogP contribution >= 0.6 is 0 Å². The number of ether oxygens (including phenoxy) is 1. The first-order valence-corrected chi connectivity index (χ1v) is 8.43. The number of hydrogen-bond acceptors (Lipinski definition) is 5. The van der Waals surface area contributed by atoms with E-state index in [0.29, 0.717) is 6.42 Å². The van der Waals surface area contributed by atoms with Gasteiger partial charge in [0, 0.05) is 6.04 Å². The highest BCUT2D eigenvalue weighted by molar-refractivity contribution is 7.91. The number of nitrogens with one attached hydrogen (secondary N) is 1.